The minimum Gasteiger partial charge on any atom is -0.479 e. The lowest BCUT2D eigenvalue weighted by molar-refractivity contribution is -0.122. The molecule has 29 heavy (non-hydrogen) atoms. The van der Waals surface area contributed by atoms with Crippen molar-refractivity contribution >= 4 is 34.8 Å². The normalized spacial score (nSPS) is 11.4. The summed E-state index contributed by atoms with van der Waals surface area (Å²) in [5.41, 5.74) is 2.84. The molecule has 0 aromatic heterocycles. The fourth-order valence-electron chi connectivity index (χ4n) is 2.65. The SMILES string of the molecule is Cc1cccc(C(=O)Nc2ccc(NC(=O)[C@@H](C)Oc3ccccc3Cl)cc2)c1. The number of nitrogens with one attached hydrogen (secondary N) is 2. The van der Waals surface area contributed by atoms with Crippen molar-refractivity contribution in [2.24, 2.45) is 0 Å². The molecular formula is C23H21ClN2O3. The van der Waals surface area contributed by atoms with Gasteiger partial charge in [-0.15, -0.1) is 0 Å². The predicted molar refractivity (Wildman–Crippen MR) is 116 cm³/mol. The Hall–Kier alpha value is -3.31. The van der Waals surface area contributed by atoms with E-state index < -0.39 is 6.10 Å². The summed E-state index contributed by atoms with van der Waals surface area (Å²) in [5.74, 6) is -0.0419. The lowest BCUT2D eigenvalue weighted by Crippen LogP contribution is -2.30. The average Bonchev–Trinajstić information content (AvgIpc) is 2.71. The second-order valence-corrected chi connectivity index (χ2v) is 6.99. The van der Waals surface area contributed by atoms with Crippen molar-refractivity contribution in [3.05, 3.63) is 88.9 Å². The number of rotatable bonds is 6. The molecule has 0 aliphatic carbocycles. The molecule has 0 aliphatic heterocycles. The highest BCUT2D eigenvalue weighted by atomic mass is 35.5. The smallest absolute Gasteiger partial charge is 0.265 e. The van der Waals surface area contributed by atoms with Crippen LogP contribution in [0.3, 0.4) is 0 Å². The third-order valence-electron chi connectivity index (χ3n) is 4.20. The zero-order valence-electron chi connectivity index (χ0n) is 16.1. The van der Waals surface area contributed by atoms with Crippen LogP contribution in [-0.2, 0) is 4.79 Å². The van der Waals surface area contributed by atoms with Gasteiger partial charge in [-0.05, 0) is 62.4 Å². The first kappa shape index (κ1) is 20.4. The Bertz CT molecular complexity index is 1020. The molecule has 0 heterocycles. The number of amides is 2. The lowest BCUT2D eigenvalue weighted by atomic mass is 10.1. The van der Waals surface area contributed by atoms with Gasteiger partial charge in [-0.3, -0.25) is 9.59 Å². The Morgan fingerprint density at radius 3 is 2.21 bits per heavy atom. The number of halogens is 1. The lowest BCUT2D eigenvalue weighted by Gasteiger charge is -2.15. The highest BCUT2D eigenvalue weighted by Crippen LogP contribution is 2.24. The van der Waals surface area contributed by atoms with Crippen molar-refractivity contribution in [3.63, 3.8) is 0 Å². The van der Waals surface area contributed by atoms with Gasteiger partial charge in [0.25, 0.3) is 11.8 Å². The van der Waals surface area contributed by atoms with Crippen LogP contribution in [0.2, 0.25) is 5.02 Å². The number of carbonyl (C=O) groups is 2. The van der Waals surface area contributed by atoms with Gasteiger partial charge in [0.05, 0.1) is 5.02 Å². The summed E-state index contributed by atoms with van der Waals surface area (Å²) in [4.78, 5) is 24.7. The number of para-hydroxylation sites is 1. The second-order valence-electron chi connectivity index (χ2n) is 6.58. The van der Waals surface area contributed by atoms with Crippen molar-refractivity contribution in [2.45, 2.75) is 20.0 Å². The van der Waals surface area contributed by atoms with E-state index >= 15 is 0 Å². The number of carbonyl (C=O) groups excluding carboxylic acids is 2. The Morgan fingerprint density at radius 2 is 1.55 bits per heavy atom. The zero-order valence-corrected chi connectivity index (χ0v) is 16.9. The molecule has 3 rings (SSSR count). The van der Waals surface area contributed by atoms with Crippen LogP contribution in [0.1, 0.15) is 22.8 Å². The van der Waals surface area contributed by atoms with Crippen molar-refractivity contribution in [3.8, 4) is 5.75 Å². The largest absolute Gasteiger partial charge is 0.479 e. The van der Waals surface area contributed by atoms with E-state index in [4.69, 9.17) is 16.3 Å². The molecule has 3 aromatic carbocycles. The summed E-state index contributed by atoms with van der Waals surface area (Å²) in [7, 11) is 0. The molecule has 0 unspecified atom stereocenters. The Labute approximate surface area is 174 Å². The summed E-state index contributed by atoms with van der Waals surface area (Å²) in [5, 5.41) is 6.06. The molecule has 0 bridgehead atoms. The van der Waals surface area contributed by atoms with E-state index in [9.17, 15) is 9.59 Å². The third kappa shape index (κ3) is 5.59. The number of hydrogen-bond donors (Lipinski definition) is 2. The van der Waals surface area contributed by atoms with Gasteiger partial charge in [0.2, 0.25) is 0 Å². The molecule has 0 radical (unpaired) electrons. The quantitative estimate of drug-likeness (QED) is 0.581. The van der Waals surface area contributed by atoms with Crippen molar-refractivity contribution < 1.29 is 14.3 Å². The summed E-state index contributed by atoms with van der Waals surface area (Å²) in [6.45, 7) is 3.58. The maximum atomic E-state index is 12.4. The molecule has 6 heteroatoms. The topological polar surface area (TPSA) is 67.4 Å². The molecule has 0 spiro atoms. The van der Waals surface area contributed by atoms with E-state index in [2.05, 4.69) is 10.6 Å². The summed E-state index contributed by atoms with van der Waals surface area (Å²) in [6, 6.07) is 21.2. The molecule has 0 fully saturated rings. The predicted octanol–water partition coefficient (Wildman–Crippen LogP) is 5.31. The van der Waals surface area contributed by atoms with Gasteiger partial charge in [0.1, 0.15) is 5.75 Å². The maximum absolute atomic E-state index is 12.4. The fraction of sp³-hybridized carbons (Fsp3) is 0.130. The van der Waals surface area contributed by atoms with Crippen molar-refractivity contribution in [1.82, 2.24) is 0 Å². The van der Waals surface area contributed by atoms with E-state index in [-0.39, 0.29) is 11.8 Å². The number of aryl methyl sites for hydroxylation is 1. The van der Waals surface area contributed by atoms with Crippen LogP contribution in [0.25, 0.3) is 0 Å². The summed E-state index contributed by atoms with van der Waals surface area (Å²) < 4.78 is 5.61. The Kier molecular flexibility index (Phi) is 6.52. The second kappa shape index (κ2) is 9.26. The van der Waals surface area contributed by atoms with Crippen LogP contribution < -0.4 is 15.4 Å². The van der Waals surface area contributed by atoms with E-state index in [0.717, 1.165) is 5.56 Å². The van der Waals surface area contributed by atoms with Gasteiger partial charge >= 0.3 is 0 Å². The monoisotopic (exact) mass is 408 g/mol. The van der Waals surface area contributed by atoms with E-state index in [0.29, 0.717) is 27.7 Å². The van der Waals surface area contributed by atoms with Gasteiger partial charge in [0, 0.05) is 16.9 Å². The highest BCUT2D eigenvalue weighted by Gasteiger charge is 2.16. The average molecular weight is 409 g/mol. The maximum Gasteiger partial charge on any atom is 0.265 e. The van der Waals surface area contributed by atoms with Gasteiger partial charge in [-0.1, -0.05) is 41.4 Å². The third-order valence-corrected chi connectivity index (χ3v) is 4.51. The number of anilines is 2. The number of hydrogen-bond acceptors (Lipinski definition) is 3. The minimum absolute atomic E-state index is 0.188. The van der Waals surface area contributed by atoms with E-state index in [1.54, 1.807) is 61.5 Å². The first-order valence-corrected chi connectivity index (χ1v) is 9.50. The van der Waals surface area contributed by atoms with Gasteiger partial charge in [0.15, 0.2) is 6.10 Å². The van der Waals surface area contributed by atoms with Gasteiger partial charge in [-0.25, -0.2) is 0 Å². The molecule has 0 saturated heterocycles. The standard InChI is InChI=1S/C23H21ClN2O3/c1-15-6-5-7-17(14-15)23(28)26-19-12-10-18(11-13-19)25-22(27)16(2)29-21-9-4-3-8-20(21)24/h3-14,16H,1-2H3,(H,25,27)(H,26,28)/t16-/m1/s1. The molecule has 3 aromatic rings. The zero-order chi connectivity index (χ0) is 20.8. The summed E-state index contributed by atoms with van der Waals surface area (Å²) in [6.07, 6.45) is -0.726. The van der Waals surface area contributed by atoms with Crippen LogP contribution in [0.5, 0.6) is 5.75 Å². The molecule has 0 saturated carbocycles. The van der Waals surface area contributed by atoms with Gasteiger partial charge in [-0.2, -0.15) is 0 Å². The molecule has 5 nitrogen and oxygen atoms in total. The first-order valence-electron chi connectivity index (χ1n) is 9.12. The van der Waals surface area contributed by atoms with Gasteiger partial charge < -0.3 is 15.4 Å². The Morgan fingerprint density at radius 1 is 0.897 bits per heavy atom. The highest BCUT2D eigenvalue weighted by molar-refractivity contribution is 6.32. The first-order chi connectivity index (χ1) is 13.9. The van der Waals surface area contributed by atoms with Crippen LogP contribution in [-0.4, -0.2) is 17.9 Å². The van der Waals surface area contributed by atoms with E-state index in [1.165, 1.54) is 0 Å². The molecule has 0 aliphatic rings. The number of ether oxygens (including phenoxy) is 1. The Balaban J connectivity index is 1.57. The van der Waals surface area contributed by atoms with Crippen LogP contribution >= 0.6 is 11.6 Å². The summed E-state index contributed by atoms with van der Waals surface area (Å²) >= 11 is 6.05. The number of benzene rings is 3. The molecule has 148 valence electrons. The molecule has 2 amide bonds. The fourth-order valence-corrected chi connectivity index (χ4v) is 2.83. The molecule has 1 atom stereocenters. The van der Waals surface area contributed by atoms with Crippen LogP contribution in [0, 0.1) is 6.92 Å². The molecular weight excluding hydrogens is 388 g/mol. The van der Waals surface area contributed by atoms with Crippen LogP contribution in [0.4, 0.5) is 11.4 Å². The minimum atomic E-state index is -0.726. The van der Waals surface area contributed by atoms with Crippen molar-refractivity contribution in [1.29, 1.82) is 0 Å². The van der Waals surface area contributed by atoms with Crippen molar-refractivity contribution in [2.75, 3.05) is 10.6 Å². The van der Waals surface area contributed by atoms with E-state index in [1.807, 2.05) is 25.1 Å². The van der Waals surface area contributed by atoms with Crippen LogP contribution in [0.15, 0.2) is 72.8 Å². The molecule has 2 N–H and O–H groups in total.